The summed E-state index contributed by atoms with van der Waals surface area (Å²) in [7, 11) is -2.98. The molecule has 3 heterocycles. The van der Waals surface area contributed by atoms with Crippen LogP contribution in [0.5, 0.6) is 0 Å². The zero-order chi connectivity index (χ0) is 14.9. The highest BCUT2D eigenvalue weighted by Crippen LogP contribution is 2.35. The minimum absolute atomic E-state index is 0.736. The molecule has 3 fully saturated rings. The first-order chi connectivity index (χ1) is 10.0. The topological polar surface area (TPSA) is 40.6 Å². The van der Waals surface area contributed by atoms with E-state index < -0.39 is 10.0 Å². The summed E-state index contributed by atoms with van der Waals surface area (Å²) in [5.74, 6) is 4.21. The predicted molar refractivity (Wildman–Crippen MR) is 89.2 cm³/mol. The lowest BCUT2D eigenvalue weighted by molar-refractivity contribution is 0.180. The van der Waals surface area contributed by atoms with Crippen LogP contribution in [0.3, 0.4) is 0 Å². The fraction of sp³-hybridized carbons (Fsp3) is 1.00. The van der Waals surface area contributed by atoms with Crippen LogP contribution in [0.15, 0.2) is 0 Å². The lowest BCUT2D eigenvalue weighted by Gasteiger charge is -2.35. The molecule has 0 spiro atoms. The molecule has 0 saturated carbocycles. The van der Waals surface area contributed by atoms with Gasteiger partial charge in [-0.25, -0.2) is 12.7 Å². The minimum Gasteiger partial charge on any atom is -0.300 e. The average Bonchev–Trinajstić information content (AvgIpc) is 2.97. The molecule has 0 aromatic rings. The Bertz CT molecular complexity index is 441. The van der Waals surface area contributed by atoms with Crippen molar-refractivity contribution >= 4 is 21.8 Å². The van der Waals surface area contributed by atoms with Crippen molar-refractivity contribution < 1.29 is 8.42 Å². The molecule has 6 heteroatoms. The number of piperidine rings is 1. The highest BCUT2D eigenvalue weighted by atomic mass is 32.2. The molecule has 0 aromatic heterocycles. The van der Waals surface area contributed by atoms with Gasteiger partial charge in [0.25, 0.3) is 0 Å². The molecule has 4 nitrogen and oxygen atoms in total. The molecule has 122 valence electrons. The molecule has 0 bridgehead atoms. The number of likely N-dealkylation sites (tertiary alicyclic amines) is 1. The second kappa shape index (κ2) is 6.77. The summed E-state index contributed by atoms with van der Waals surface area (Å²) in [6, 6.07) is 0.826. The Balaban J connectivity index is 1.48. The third-order valence-corrected chi connectivity index (χ3v) is 7.95. The van der Waals surface area contributed by atoms with Gasteiger partial charge in [0.15, 0.2) is 0 Å². The quantitative estimate of drug-likeness (QED) is 0.791. The first kappa shape index (κ1) is 16.1. The third kappa shape index (κ3) is 3.95. The first-order valence-electron chi connectivity index (χ1n) is 8.31. The van der Waals surface area contributed by atoms with Gasteiger partial charge in [0.05, 0.1) is 6.26 Å². The monoisotopic (exact) mass is 332 g/mol. The highest BCUT2D eigenvalue weighted by molar-refractivity contribution is 7.99. The zero-order valence-corrected chi connectivity index (χ0v) is 14.7. The zero-order valence-electron chi connectivity index (χ0n) is 13.0. The van der Waals surface area contributed by atoms with E-state index in [-0.39, 0.29) is 0 Å². The predicted octanol–water partition coefficient (Wildman–Crippen LogP) is 1.88. The van der Waals surface area contributed by atoms with Gasteiger partial charge >= 0.3 is 0 Å². The summed E-state index contributed by atoms with van der Waals surface area (Å²) in [6.07, 6.45) is 7.52. The van der Waals surface area contributed by atoms with E-state index in [0.717, 1.165) is 43.8 Å². The van der Waals surface area contributed by atoms with Gasteiger partial charge in [-0.2, -0.15) is 11.8 Å². The molecule has 3 saturated heterocycles. The van der Waals surface area contributed by atoms with Gasteiger partial charge in [-0.3, -0.25) is 0 Å². The minimum atomic E-state index is -2.98. The molecule has 0 aliphatic carbocycles. The summed E-state index contributed by atoms with van der Waals surface area (Å²) in [6.45, 7) is 4.01. The summed E-state index contributed by atoms with van der Waals surface area (Å²) in [4.78, 5) is 2.73. The second-order valence-electron chi connectivity index (χ2n) is 6.89. The van der Waals surface area contributed by atoms with Gasteiger partial charge in [0.2, 0.25) is 10.0 Å². The van der Waals surface area contributed by atoms with Crippen molar-refractivity contribution in [3.63, 3.8) is 0 Å². The van der Waals surface area contributed by atoms with E-state index in [4.69, 9.17) is 0 Å². The number of thioether (sulfide) groups is 1. The highest BCUT2D eigenvalue weighted by Gasteiger charge is 2.35. The van der Waals surface area contributed by atoms with E-state index in [1.54, 1.807) is 4.31 Å². The number of hydrogen-bond acceptors (Lipinski definition) is 4. The van der Waals surface area contributed by atoms with Crippen molar-refractivity contribution in [2.45, 2.75) is 38.1 Å². The maximum absolute atomic E-state index is 11.6. The molecule has 3 rings (SSSR count). The number of hydrogen-bond donors (Lipinski definition) is 0. The molecule has 0 aromatic carbocycles. The summed E-state index contributed by atoms with van der Waals surface area (Å²) >= 11 is 2.10. The molecule has 0 amide bonds. The van der Waals surface area contributed by atoms with E-state index in [1.165, 1.54) is 50.1 Å². The van der Waals surface area contributed by atoms with E-state index in [9.17, 15) is 8.42 Å². The van der Waals surface area contributed by atoms with Crippen LogP contribution in [-0.4, -0.2) is 67.6 Å². The number of rotatable bonds is 3. The Morgan fingerprint density at radius 3 is 2.14 bits per heavy atom. The van der Waals surface area contributed by atoms with Crippen LogP contribution < -0.4 is 0 Å². The fourth-order valence-electron chi connectivity index (χ4n) is 4.26. The van der Waals surface area contributed by atoms with Gasteiger partial charge < -0.3 is 4.90 Å². The van der Waals surface area contributed by atoms with E-state index in [0.29, 0.717) is 0 Å². The van der Waals surface area contributed by atoms with Crippen molar-refractivity contribution in [3.8, 4) is 0 Å². The fourth-order valence-corrected chi connectivity index (χ4v) is 6.22. The summed E-state index contributed by atoms with van der Waals surface area (Å²) < 4.78 is 24.8. The Kier molecular flexibility index (Phi) is 5.19. The largest absolute Gasteiger partial charge is 0.300 e. The molecule has 0 radical (unpaired) electrons. The number of sulfonamides is 1. The van der Waals surface area contributed by atoms with E-state index in [1.807, 2.05) is 0 Å². The Morgan fingerprint density at radius 2 is 1.52 bits per heavy atom. The van der Waals surface area contributed by atoms with Gasteiger partial charge in [-0.15, -0.1) is 0 Å². The summed E-state index contributed by atoms with van der Waals surface area (Å²) in [5.41, 5.74) is 0. The van der Waals surface area contributed by atoms with E-state index in [2.05, 4.69) is 16.7 Å². The van der Waals surface area contributed by atoms with Crippen LogP contribution >= 0.6 is 11.8 Å². The van der Waals surface area contributed by atoms with Crippen LogP contribution in [0, 0.1) is 11.8 Å². The van der Waals surface area contributed by atoms with Gasteiger partial charge in [0, 0.05) is 25.7 Å². The molecule has 1 atom stereocenters. The van der Waals surface area contributed by atoms with Crippen molar-refractivity contribution in [2.75, 3.05) is 43.9 Å². The molecular formula is C15H28N2O2S2. The molecule has 1 unspecified atom stereocenters. The normalized spacial score (nSPS) is 31.8. The molecular weight excluding hydrogens is 304 g/mol. The first-order valence-corrected chi connectivity index (χ1v) is 11.3. The van der Waals surface area contributed by atoms with Gasteiger partial charge in [-0.1, -0.05) is 0 Å². The van der Waals surface area contributed by atoms with Gasteiger partial charge in [0.1, 0.15) is 0 Å². The second-order valence-corrected chi connectivity index (χ2v) is 10.1. The number of nitrogens with zero attached hydrogens (tertiary/aromatic N) is 2. The van der Waals surface area contributed by atoms with E-state index >= 15 is 0 Å². The molecule has 0 N–H and O–H groups in total. The molecule has 3 aliphatic rings. The Labute approximate surface area is 133 Å². The lowest BCUT2D eigenvalue weighted by Crippen LogP contribution is -2.40. The van der Waals surface area contributed by atoms with Crippen molar-refractivity contribution in [3.05, 3.63) is 0 Å². The standard InChI is InChI=1S/C15H28N2O2S2/c1-21(18,19)17-8-3-13(4-9-17)14-2-7-16(12-14)15-5-10-20-11-6-15/h13-15H,2-12H2,1H3. The van der Waals surface area contributed by atoms with Crippen molar-refractivity contribution in [1.82, 2.24) is 9.21 Å². The average molecular weight is 333 g/mol. The van der Waals surface area contributed by atoms with Gasteiger partial charge in [-0.05, 0) is 62.0 Å². The lowest BCUT2D eigenvalue weighted by atomic mass is 9.84. The Hall–Kier alpha value is 0.220. The maximum Gasteiger partial charge on any atom is 0.211 e. The van der Waals surface area contributed by atoms with Crippen LogP contribution in [-0.2, 0) is 10.0 Å². The van der Waals surface area contributed by atoms with Crippen molar-refractivity contribution in [2.24, 2.45) is 11.8 Å². The molecule has 21 heavy (non-hydrogen) atoms. The van der Waals surface area contributed by atoms with Crippen LogP contribution in [0.4, 0.5) is 0 Å². The third-order valence-electron chi connectivity index (χ3n) is 5.60. The van der Waals surface area contributed by atoms with Crippen molar-refractivity contribution in [1.29, 1.82) is 0 Å². The van der Waals surface area contributed by atoms with Crippen LogP contribution in [0.2, 0.25) is 0 Å². The van der Waals surface area contributed by atoms with Crippen LogP contribution in [0.1, 0.15) is 32.1 Å². The summed E-state index contributed by atoms with van der Waals surface area (Å²) in [5, 5.41) is 0. The SMILES string of the molecule is CS(=O)(=O)N1CCC(C2CCN(C3CCSCC3)C2)CC1. The Morgan fingerprint density at radius 1 is 0.905 bits per heavy atom. The maximum atomic E-state index is 11.6. The smallest absolute Gasteiger partial charge is 0.211 e. The van der Waals surface area contributed by atoms with Crippen LogP contribution in [0.25, 0.3) is 0 Å². The molecule has 3 aliphatic heterocycles.